The third kappa shape index (κ3) is 2.59. The van der Waals surface area contributed by atoms with Gasteiger partial charge in [0, 0.05) is 32.0 Å². The van der Waals surface area contributed by atoms with Crippen LogP contribution in [0.25, 0.3) is 0 Å². The summed E-state index contributed by atoms with van der Waals surface area (Å²) in [7, 11) is 0. The maximum absolute atomic E-state index is 5.58. The molecule has 1 aliphatic heterocycles. The number of imidazole rings is 1. The van der Waals surface area contributed by atoms with Gasteiger partial charge in [0.1, 0.15) is 5.82 Å². The Morgan fingerprint density at radius 3 is 3.00 bits per heavy atom. The van der Waals surface area contributed by atoms with Crippen LogP contribution >= 0.6 is 0 Å². The van der Waals surface area contributed by atoms with Gasteiger partial charge in [-0.25, -0.2) is 4.98 Å². The highest BCUT2D eigenvalue weighted by atomic mass is 16.5. The molecule has 0 unspecified atom stereocenters. The molecule has 0 N–H and O–H groups in total. The highest BCUT2D eigenvalue weighted by molar-refractivity contribution is 5.17. The molecular weight excluding hydrogens is 290 g/mol. The first kappa shape index (κ1) is 14.9. The molecule has 124 valence electrons. The number of likely N-dealkylation sites (tertiary alicyclic amines) is 1. The highest BCUT2D eigenvalue weighted by Crippen LogP contribution is 2.49. The van der Waals surface area contributed by atoms with Gasteiger partial charge in [-0.1, -0.05) is 11.6 Å². The lowest BCUT2D eigenvalue weighted by molar-refractivity contribution is 0.245. The van der Waals surface area contributed by atoms with Crippen LogP contribution in [0.15, 0.2) is 16.9 Å². The Hall–Kier alpha value is -1.69. The quantitative estimate of drug-likeness (QED) is 0.847. The molecule has 2 fully saturated rings. The number of hydrogen-bond acceptors (Lipinski definition) is 5. The van der Waals surface area contributed by atoms with Crippen molar-refractivity contribution in [3.63, 3.8) is 0 Å². The largest absolute Gasteiger partial charge is 0.339 e. The van der Waals surface area contributed by atoms with E-state index in [1.165, 1.54) is 25.8 Å². The number of hydrogen-bond donors (Lipinski definition) is 0. The van der Waals surface area contributed by atoms with Gasteiger partial charge in [-0.2, -0.15) is 4.98 Å². The van der Waals surface area contributed by atoms with Crippen LogP contribution in [0, 0.1) is 19.8 Å². The standard InChI is InChI=1S/C17H25N5O/c1-13-19-16(23-20-13)17-6-3-5-15(17)11-21(12-17)8-4-9-22-10-7-18-14(22)2/h7,10,15H,3-6,8-9,11-12H2,1-2H3/t15-,17-/m0/s1. The molecule has 0 amide bonds. The number of aromatic nitrogens is 4. The summed E-state index contributed by atoms with van der Waals surface area (Å²) in [5.41, 5.74) is 0.117. The molecule has 0 aromatic carbocycles. The van der Waals surface area contributed by atoms with Gasteiger partial charge in [0.15, 0.2) is 5.82 Å². The van der Waals surface area contributed by atoms with E-state index in [1.54, 1.807) is 0 Å². The van der Waals surface area contributed by atoms with Crippen molar-refractivity contribution in [3.8, 4) is 0 Å². The minimum atomic E-state index is 0.117. The first-order valence-electron chi connectivity index (χ1n) is 8.68. The smallest absolute Gasteiger partial charge is 0.234 e. The van der Waals surface area contributed by atoms with E-state index in [1.807, 2.05) is 13.1 Å². The lowest BCUT2D eigenvalue weighted by Gasteiger charge is -2.24. The average Bonchev–Trinajstić information content (AvgIpc) is 3.24. The number of fused-ring (bicyclic) bond motifs is 1. The summed E-state index contributed by atoms with van der Waals surface area (Å²) in [4.78, 5) is 11.5. The topological polar surface area (TPSA) is 60.0 Å². The second-order valence-corrected chi connectivity index (χ2v) is 7.15. The zero-order valence-electron chi connectivity index (χ0n) is 14.0. The monoisotopic (exact) mass is 315 g/mol. The molecule has 0 spiro atoms. The van der Waals surface area contributed by atoms with Gasteiger partial charge in [-0.05, 0) is 45.6 Å². The molecule has 1 aliphatic carbocycles. The third-order valence-electron chi connectivity index (χ3n) is 5.69. The predicted molar refractivity (Wildman–Crippen MR) is 86.1 cm³/mol. The summed E-state index contributed by atoms with van der Waals surface area (Å²) >= 11 is 0. The normalized spacial score (nSPS) is 27.7. The lowest BCUT2D eigenvalue weighted by atomic mass is 9.80. The van der Waals surface area contributed by atoms with Crippen LogP contribution in [-0.2, 0) is 12.0 Å². The van der Waals surface area contributed by atoms with Crippen molar-refractivity contribution in [3.05, 3.63) is 29.9 Å². The van der Waals surface area contributed by atoms with Gasteiger partial charge in [0.25, 0.3) is 0 Å². The molecule has 2 aromatic heterocycles. The van der Waals surface area contributed by atoms with Crippen molar-refractivity contribution in [1.29, 1.82) is 0 Å². The van der Waals surface area contributed by atoms with E-state index in [4.69, 9.17) is 4.52 Å². The van der Waals surface area contributed by atoms with Gasteiger partial charge in [0.05, 0.1) is 5.41 Å². The van der Waals surface area contributed by atoms with E-state index in [2.05, 4.69) is 37.7 Å². The predicted octanol–water partition coefficient (Wildman–Crippen LogP) is 2.33. The molecule has 2 atom stereocenters. The van der Waals surface area contributed by atoms with E-state index < -0.39 is 0 Å². The van der Waals surface area contributed by atoms with Gasteiger partial charge < -0.3 is 14.0 Å². The Labute approximate surface area is 136 Å². The van der Waals surface area contributed by atoms with Crippen molar-refractivity contribution in [2.24, 2.45) is 5.92 Å². The van der Waals surface area contributed by atoms with Crippen molar-refractivity contribution in [1.82, 2.24) is 24.6 Å². The van der Waals surface area contributed by atoms with Gasteiger partial charge >= 0.3 is 0 Å². The average molecular weight is 315 g/mol. The zero-order valence-corrected chi connectivity index (χ0v) is 14.0. The molecule has 1 saturated heterocycles. The van der Waals surface area contributed by atoms with Crippen LogP contribution in [-0.4, -0.2) is 44.2 Å². The molecule has 23 heavy (non-hydrogen) atoms. The molecule has 2 aromatic rings. The molecule has 4 rings (SSSR count). The minimum absolute atomic E-state index is 0.117. The van der Waals surface area contributed by atoms with E-state index in [9.17, 15) is 0 Å². The SMILES string of the molecule is Cc1noc([C@]23CCC[C@H]2CN(CCCn2ccnc2C)C3)n1. The first-order chi connectivity index (χ1) is 11.2. The van der Waals surface area contributed by atoms with Crippen LogP contribution in [0.5, 0.6) is 0 Å². The van der Waals surface area contributed by atoms with Crippen molar-refractivity contribution >= 4 is 0 Å². The summed E-state index contributed by atoms with van der Waals surface area (Å²) < 4.78 is 7.81. The molecule has 6 nitrogen and oxygen atoms in total. The number of rotatable bonds is 5. The molecule has 3 heterocycles. The van der Waals surface area contributed by atoms with E-state index in [0.717, 1.165) is 43.6 Å². The first-order valence-corrected chi connectivity index (χ1v) is 8.68. The number of nitrogens with zero attached hydrogens (tertiary/aromatic N) is 5. The van der Waals surface area contributed by atoms with Crippen molar-refractivity contribution in [2.45, 2.75) is 51.5 Å². The Balaban J connectivity index is 1.40. The van der Waals surface area contributed by atoms with Crippen LogP contribution < -0.4 is 0 Å². The Kier molecular flexibility index (Phi) is 3.71. The van der Waals surface area contributed by atoms with Gasteiger partial charge in [-0.15, -0.1) is 0 Å². The Morgan fingerprint density at radius 2 is 2.26 bits per heavy atom. The van der Waals surface area contributed by atoms with E-state index in [-0.39, 0.29) is 5.41 Å². The van der Waals surface area contributed by atoms with Crippen LogP contribution in [0.3, 0.4) is 0 Å². The molecule has 1 saturated carbocycles. The third-order valence-corrected chi connectivity index (χ3v) is 5.69. The second kappa shape index (κ2) is 5.74. The summed E-state index contributed by atoms with van der Waals surface area (Å²) in [5, 5.41) is 4.03. The summed E-state index contributed by atoms with van der Waals surface area (Å²) in [5.74, 6) is 3.41. The fourth-order valence-electron chi connectivity index (χ4n) is 4.52. The van der Waals surface area contributed by atoms with Crippen molar-refractivity contribution < 1.29 is 4.52 Å². The summed E-state index contributed by atoms with van der Waals surface area (Å²) in [6.07, 6.45) is 8.87. The summed E-state index contributed by atoms with van der Waals surface area (Å²) in [6, 6.07) is 0. The molecular formula is C17H25N5O. The van der Waals surface area contributed by atoms with Crippen LogP contribution in [0.2, 0.25) is 0 Å². The second-order valence-electron chi connectivity index (χ2n) is 7.15. The van der Waals surface area contributed by atoms with Gasteiger partial charge in [0.2, 0.25) is 5.89 Å². The highest BCUT2D eigenvalue weighted by Gasteiger charge is 2.53. The lowest BCUT2D eigenvalue weighted by Crippen LogP contribution is -2.32. The van der Waals surface area contributed by atoms with Crippen LogP contribution in [0.4, 0.5) is 0 Å². The maximum Gasteiger partial charge on any atom is 0.234 e. The fourth-order valence-corrected chi connectivity index (χ4v) is 4.52. The van der Waals surface area contributed by atoms with Crippen molar-refractivity contribution in [2.75, 3.05) is 19.6 Å². The minimum Gasteiger partial charge on any atom is -0.339 e. The maximum atomic E-state index is 5.58. The van der Waals surface area contributed by atoms with E-state index >= 15 is 0 Å². The fraction of sp³-hybridized carbons (Fsp3) is 0.706. The Morgan fingerprint density at radius 1 is 1.35 bits per heavy atom. The molecule has 0 radical (unpaired) electrons. The molecule has 6 heteroatoms. The molecule has 2 aliphatic rings. The Bertz CT molecular complexity index is 678. The zero-order chi connectivity index (χ0) is 15.9. The van der Waals surface area contributed by atoms with Crippen LogP contribution in [0.1, 0.15) is 43.2 Å². The number of aryl methyl sites for hydroxylation is 3. The summed E-state index contributed by atoms with van der Waals surface area (Å²) in [6.45, 7) is 8.39. The van der Waals surface area contributed by atoms with E-state index in [0.29, 0.717) is 5.92 Å². The molecule has 0 bridgehead atoms. The van der Waals surface area contributed by atoms with Gasteiger partial charge in [-0.3, -0.25) is 0 Å².